The maximum absolute atomic E-state index is 4.54. The van der Waals surface area contributed by atoms with Crippen molar-refractivity contribution in [3.63, 3.8) is 0 Å². The number of benzene rings is 1. The zero-order chi connectivity index (χ0) is 13.1. The lowest BCUT2D eigenvalue weighted by molar-refractivity contribution is 0.825. The van der Waals surface area contributed by atoms with Gasteiger partial charge < -0.3 is 0 Å². The molecule has 0 saturated heterocycles. The normalized spacial score (nSPS) is 10.9. The lowest BCUT2D eigenvalue weighted by Gasteiger charge is -2.14. The Kier molecular flexibility index (Phi) is 3.81. The number of aryl methyl sites for hydroxylation is 2. The third kappa shape index (κ3) is 2.45. The second-order valence-electron chi connectivity index (χ2n) is 5.09. The Morgan fingerprint density at radius 2 is 1.89 bits per heavy atom. The molecule has 1 heterocycles. The zero-order valence-corrected chi connectivity index (χ0v) is 11.7. The molecule has 0 fully saturated rings. The van der Waals surface area contributed by atoms with Crippen LogP contribution in [0.15, 0.2) is 36.5 Å². The van der Waals surface area contributed by atoms with Crippen molar-refractivity contribution in [1.82, 2.24) is 4.98 Å². The maximum Gasteiger partial charge on any atom is 0.0507 e. The summed E-state index contributed by atoms with van der Waals surface area (Å²) < 4.78 is 0. The number of aromatic nitrogens is 1. The number of nitrogens with zero attached hydrogens (tertiary/aromatic N) is 1. The van der Waals surface area contributed by atoms with E-state index >= 15 is 0 Å². The van der Waals surface area contributed by atoms with E-state index in [4.69, 9.17) is 0 Å². The second kappa shape index (κ2) is 5.34. The van der Waals surface area contributed by atoms with Crippen LogP contribution in [-0.2, 0) is 6.42 Å². The van der Waals surface area contributed by atoms with Crippen molar-refractivity contribution in [2.45, 2.75) is 40.0 Å². The fraction of sp³-hybridized carbons (Fsp3) is 0.353. The van der Waals surface area contributed by atoms with Crippen molar-refractivity contribution < 1.29 is 0 Å². The molecule has 0 aliphatic carbocycles. The second-order valence-corrected chi connectivity index (χ2v) is 5.09. The molecular weight excluding hydrogens is 218 g/mol. The summed E-state index contributed by atoms with van der Waals surface area (Å²) >= 11 is 0. The first-order valence-corrected chi connectivity index (χ1v) is 6.68. The summed E-state index contributed by atoms with van der Waals surface area (Å²) in [6, 6.07) is 10.9. The van der Waals surface area contributed by atoms with E-state index in [1.807, 2.05) is 12.3 Å². The van der Waals surface area contributed by atoms with Gasteiger partial charge in [-0.05, 0) is 42.0 Å². The summed E-state index contributed by atoms with van der Waals surface area (Å²) in [6.45, 7) is 8.77. The van der Waals surface area contributed by atoms with Crippen LogP contribution in [0.4, 0.5) is 0 Å². The molecule has 0 bridgehead atoms. The van der Waals surface area contributed by atoms with Gasteiger partial charge in [-0.15, -0.1) is 0 Å². The molecule has 0 radical (unpaired) electrons. The molecule has 0 aliphatic rings. The molecule has 0 atom stereocenters. The fourth-order valence-corrected chi connectivity index (χ4v) is 2.35. The Balaban J connectivity index is 2.55. The predicted molar refractivity (Wildman–Crippen MR) is 77.9 cm³/mol. The number of hydrogen-bond donors (Lipinski definition) is 0. The highest BCUT2D eigenvalue weighted by atomic mass is 14.7. The monoisotopic (exact) mass is 239 g/mol. The molecule has 2 aromatic rings. The van der Waals surface area contributed by atoms with Gasteiger partial charge in [0.05, 0.1) is 5.69 Å². The van der Waals surface area contributed by atoms with Gasteiger partial charge in [0.2, 0.25) is 0 Å². The van der Waals surface area contributed by atoms with Crippen molar-refractivity contribution in [1.29, 1.82) is 0 Å². The number of rotatable bonds is 3. The van der Waals surface area contributed by atoms with Gasteiger partial charge in [0, 0.05) is 11.8 Å². The van der Waals surface area contributed by atoms with E-state index in [1.54, 1.807) is 0 Å². The van der Waals surface area contributed by atoms with Crippen LogP contribution in [0, 0.1) is 6.92 Å². The van der Waals surface area contributed by atoms with Crippen molar-refractivity contribution in [2.75, 3.05) is 0 Å². The van der Waals surface area contributed by atoms with Crippen molar-refractivity contribution in [3.05, 3.63) is 53.3 Å². The molecule has 0 N–H and O–H groups in total. The summed E-state index contributed by atoms with van der Waals surface area (Å²) in [4.78, 5) is 4.54. The molecule has 18 heavy (non-hydrogen) atoms. The Hall–Kier alpha value is -1.63. The maximum atomic E-state index is 4.54. The van der Waals surface area contributed by atoms with Crippen LogP contribution in [0.5, 0.6) is 0 Å². The van der Waals surface area contributed by atoms with Crippen LogP contribution in [0.3, 0.4) is 0 Å². The first-order chi connectivity index (χ1) is 8.63. The number of pyridine rings is 1. The summed E-state index contributed by atoms with van der Waals surface area (Å²) in [5.74, 6) is 0.450. The lowest BCUT2D eigenvalue weighted by Crippen LogP contribution is -1.97. The molecule has 2 rings (SSSR count). The van der Waals surface area contributed by atoms with Gasteiger partial charge >= 0.3 is 0 Å². The Morgan fingerprint density at radius 1 is 1.11 bits per heavy atom. The van der Waals surface area contributed by atoms with Gasteiger partial charge in [0.15, 0.2) is 0 Å². The average molecular weight is 239 g/mol. The molecule has 1 aromatic heterocycles. The lowest BCUT2D eigenvalue weighted by atomic mass is 9.93. The quantitative estimate of drug-likeness (QED) is 0.753. The molecule has 0 unspecified atom stereocenters. The van der Waals surface area contributed by atoms with Gasteiger partial charge in [0.25, 0.3) is 0 Å². The van der Waals surface area contributed by atoms with Crippen LogP contribution >= 0.6 is 0 Å². The van der Waals surface area contributed by atoms with E-state index in [2.05, 4.69) is 56.9 Å². The highest BCUT2D eigenvalue weighted by Crippen LogP contribution is 2.30. The third-order valence-corrected chi connectivity index (χ3v) is 3.37. The minimum atomic E-state index is 0.450. The predicted octanol–water partition coefficient (Wildman–Crippen LogP) is 4.74. The zero-order valence-electron chi connectivity index (χ0n) is 11.7. The smallest absolute Gasteiger partial charge is 0.0507 e. The molecule has 1 heteroatoms. The van der Waals surface area contributed by atoms with E-state index in [-0.39, 0.29) is 0 Å². The Bertz CT molecular complexity index is 541. The fourth-order valence-electron chi connectivity index (χ4n) is 2.35. The number of hydrogen-bond acceptors (Lipinski definition) is 1. The Labute approximate surface area is 110 Å². The van der Waals surface area contributed by atoms with Crippen molar-refractivity contribution in [2.24, 2.45) is 0 Å². The van der Waals surface area contributed by atoms with Gasteiger partial charge in [-0.25, -0.2) is 0 Å². The third-order valence-electron chi connectivity index (χ3n) is 3.37. The van der Waals surface area contributed by atoms with E-state index in [1.165, 1.54) is 27.9 Å². The van der Waals surface area contributed by atoms with Gasteiger partial charge in [-0.1, -0.05) is 45.0 Å². The summed E-state index contributed by atoms with van der Waals surface area (Å²) in [6.07, 6.45) is 2.97. The van der Waals surface area contributed by atoms with E-state index in [0.29, 0.717) is 5.92 Å². The summed E-state index contributed by atoms with van der Waals surface area (Å²) in [5, 5.41) is 0. The molecule has 0 spiro atoms. The molecular formula is C17H21N. The van der Waals surface area contributed by atoms with Crippen molar-refractivity contribution in [3.8, 4) is 11.1 Å². The molecule has 1 aromatic carbocycles. The molecule has 94 valence electrons. The molecule has 1 nitrogen and oxygen atoms in total. The van der Waals surface area contributed by atoms with Gasteiger partial charge in [-0.3, -0.25) is 4.98 Å². The first kappa shape index (κ1) is 12.8. The molecule has 0 saturated carbocycles. The van der Waals surface area contributed by atoms with Crippen LogP contribution < -0.4 is 0 Å². The van der Waals surface area contributed by atoms with E-state index in [9.17, 15) is 0 Å². The van der Waals surface area contributed by atoms with Gasteiger partial charge in [-0.2, -0.15) is 0 Å². The largest absolute Gasteiger partial charge is 0.260 e. The minimum Gasteiger partial charge on any atom is -0.260 e. The van der Waals surface area contributed by atoms with Gasteiger partial charge in [0.1, 0.15) is 0 Å². The molecule has 0 amide bonds. The van der Waals surface area contributed by atoms with Crippen LogP contribution in [0.1, 0.15) is 43.5 Å². The summed E-state index contributed by atoms with van der Waals surface area (Å²) in [5.41, 5.74) is 6.50. The summed E-state index contributed by atoms with van der Waals surface area (Å²) in [7, 11) is 0. The van der Waals surface area contributed by atoms with Crippen LogP contribution in [-0.4, -0.2) is 4.98 Å². The van der Waals surface area contributed by atoms with Crippen LogP contribution in [0.25, 0.3) is 11.1 Å². The molecule has 0 aliphatic heterocycles. The average Bonchev–Trinajstić information content (AvgIpc) is 2.38. The minimum absolute atomic E-state index is 0.450. The van der Waals surface area contributed by atoms with Crippen LogP contribution in [0.2, 0.25) is 0 Å². The highest BCUT2D eigenvalue weighted by Gasteiger charge is 2.11. The Morgan fingerprint density at radius 3 is 2.50 bits per heavy atom. The standard InChI is InChI=1S/C17H21N/c1-5-14-8-9-15(13(4)11-14)16-7-6-10-18-17(16)12(2)3/h6-12H,5H2,1-4H3. The van der Waals surface area contributed by atoms with E-state index < -0.39 is 0 Å². The highest BCUT2D eigenvalue weighted by molar-refractivity contribution is 5.70. The van der Waals surface area contributed by atoms with E-state index in [0.717, 1.165) is 6.42 Å². The topological polar surface area (TPSA) is 12.9 Å². The first-order valence-electron chi connectivity index (χ1n) is 6.68. The van der Waals surface area contributed by atoms with Crippen molar-refractivity contribution >= 4 is 0 Å². The SMILES string of the molecule is CCc1ccc(-c2cccnc2C(C)C)c(C)c1.